The van der Waals surface area contributed by atoms with Gasteiger partial charge in [0.2, 0.25) is 5.91 Å². The molecule has 1 N–H and O–H groups in total. The first kappa shape index (κ1) is 20.6. The summed E-state index contributed by atoms with van der Waals surface area (Å²) in [5, 5.41) is 3.19. The number of hydrogen-bond donors (Lipinski definition) is 1. The summed E-state index contributed by atoms with van der Waals surface area (Å²) < 4.78 is 5.50. The molecule has 2 amide bonds. The molecule has 32 heavy (non-hydrogen) atoms. The molecule has 5 rings (SSSR count). The van der Waals surface area contributed by atoms with E-state index in [1.807, 2.05) is 43.3 Å². The second-order valence-electron chi connectivity index (χ2n) is 8.52. The molecule has 8 heteroatoms. The summed E-state index contributed by atoms with van der Waals surface area (Å²) in [6.45, 7) is 3.74. The predicted octanol–water partition coefficient (Wildman–Crippen LogP) is 2.19. The molecule has 7 nitrogen and oxygen atoms in total. The number of carbonyl (C=O) groups is 3. The average molecular weight is 450 g/mol. The SMILES string of the molecule is CCOC(=O)[C@H]1[C@]2(C(=O)N(C)c3ccc(C)cc32)C(=S)N[C@]12C(=O)N(C)c1ccccc12. The van der Waals surface area contributed by atoms with Crippen LogP contribution in [0.4, 0.5) is 11.4 Å². The number of esters is 1. The van der Waals surface area contributed by atoms with Crippen LogP contribution in [0.25, 0.3) is 0 Å². The lowest BCUT2D eigenvalue weighted by molar-refractivity contribution is -0.156. The molecule has 0 saturated carbocycles. The van der Waals surface area contributed by atoms with Gasteiger partial charge in [-0.15, -0.1) is 0 Å². The first-order valence-corrected chi connectivity index (χ1v) is 10.9. The van der Waals surface area contributed by atoms with Gasteiger partial charge in [0.15, 0.2) is 5.54 Å². The van der Waals surface area contributed by atoms with Crippen molar-refractivity contribution in [2.75, 3.05) is 30.5 Å². The number of likely N-dealkylation sites (N-methyl/N-ethyl adjacent to an activating group) is 2. The van der Waals surface area contributed by atoms with Crippen molar-refractivity contribution in [3.05, 3.63) is 59.2 Å². The van der Waals surface area contributed by atoms with Crippen LogP contribution in [-0.2, 0) is 30.1 Å². The van der Waals surface area contributed by atoms with Gasteiger partial charge in [0.25, 0.3) is 5.91 Å². The van der Waals surface area contributed by atoms with E-state index in [2.05, 4.69) is 5.32 Å². The van der Waals surface area contributed by atoms with Gasteiger partial charge < -0.3 is 19.9 Å². The Morgan fingerprint density at radius 3 is 2.44 bits per heavy atom. The quantitative estimate of drug-likeness (QED) is 0.559. The highest BCUT2D eigenvalue weighted by molar-refractivity contribution is 7.80. The number of para-hydroxylation sites is 1. The maximum Gasteiger partial charge on any atom is 0.314 e. The number of anilines is 2. The molecular weight excluding hydrogens is 426 g/mol. The second-order valence-corrected chi connectivity index (χ2v) is 8.93. The summed E-state index contributed by atoms with van der Waals surface area (Å²) in [6.07, 6.45) is 0. The van der Waals surface area contributed by atoms with Crippen LogP contribution in [0.2, 0.25) is 0 Å². The van der Waals surface area contributed by atoms with Crippen molar-refractivity contribution < 1.29 is 19.1 Å². The van der Waals surface area contributed by atoms with Crippen molar-refractivity contribution >= 4 is 46.4 Å². The molecule has 2 spiro atoms. The maximum atomic E-state index is 13.9. The Morgan fingerprint density at radius 1 is 1.06 bits per heavy atom. The summed E-state index contributed by atoms with van der Waals surface area (Å²) in [6, 6.07) is 12.9. The Kier molecular flexibility index (Phi) is 4.27. The van der Waals surface area contributed by atoms with Crippen LogP contribution >= 0.6 is 12.2 Å². The molecule has 1 fully saturated rings. The zero-order chi connectivity index (χ0) is 23.0. The number of benzene rings is 2. The van der Waals surface area contributed by atoms with Gasteiger partial charge in [0.1, 0.15) is 11.3 Å². The Labute approximate surface area is 191 Å². The van der Waals surface area contributed by atoms with Crippen LogP contribution in [0.3, 0.4) is 0 Å². The number of carbonyl (C=O) groups excluding carboxylic acids is 3. The van der Waals surface area contributed by atoms with E-state index < -0.39 is 22.8 Å². The highest BCUT2D eigenvalue weighted by Crippen LogP contribution is 2.59. The molecule has 1 saturated heterocycles. The average Bonchev–Trinajstić information content (AvgIpc) is 3.26. The van der Waals surface area contributed by atoms with Gasteiger partial charge in [-0.2, -0.15) is 0 Å². The van der Waals surface area contributed by atoms with Crippen molar-refractivity contribution in [2.24, 2.45) is 5.92 Å². The van der Waals surface area contributed by atoms with E-state index in [1.54, 1.807) is 27.1 Å². The van der Waals surface area contributed by atoms with E-state index in [1.165, 1.54) is 9.80 Å². The van der Waals surface area contributed by atoms with Crippen LogP contribution in [0.15, 0.2) is 42.5 Å². The number of amides is 2. The third-order valence-electron chi connectivity index (χ3n) is 6.97. The minimum atomic E-state index is -1.54. The third-order valence-corrected chi connectivity index (χ3v) is 7.39. The first-order chi connectivity index (χ1) is 15.2. The summed E-state index contributed by atoms with van der Waals surface area (Å²) in [5.74, 6) is -2.51. The van der Waals surface area contributed by atoms with E-state index in [9.17, 15) is 14.4 Å². The highest BCUT2D eigenvalue weighted by atomic mass is 32.1. The zero-order valence-electron chi connectivity index (χ0n) is 18.3. The number of rotatable bonds is 2. The topological polar surface area (TPSA) is 79.0 Å². The molecule has 0 radical (unpaired) electrons. The lowest BCUT2D eigenvalue weighted by Gasteiger charge is -2.34. The number of nitrogens with one attached hydrogen (secondary N) is 1. The number of thiocarbonyl (C=S) groups is 1. The summed E-state index contributed by atoms with van der Waals surface area (Å²) in [5.41, 5.74) is 0.430. The number of ether oxygens (including phenoxy) is 1. The van der Waals surface area contributed by atoms with Crippen molar-refractivity contribution in [2.45, 2.75) is 24.8 Å². The second kappa shape index (κ2) is 6.62. The lowest BCUT2D eigenvalue weighted by Crippen LogP contribution is -2.56. The molecule has 3 heterocycles. The molecule has 164 valence electrons. The fraction of sp³-hybridized carbons (Fsp3) is 0.333. The van der Waals surface area contributed by atoms with E-state index in [-0.39, 0.29) is 23.4 Å². The molecule has 2 aromatic rings. The zero-order valence-corrected chi connectivity index (χ0v) is 19.1. The monoisotopic (exact) mass is 449 g/mol. The number of aryl methyl sites for hydroxylation is 1. The fourth-order valence-corrected chi connectivity index (χ4v) is 6.10. The third kappa shape index (κ3) is 2.15. The normalized spacial score (nSPS) is 27.9. The van der Waals surface area contributed by atoms with Crippen LogP contribution in [-0.4, -0.2) is 43.5 Å². The molecule has 3 aliphatic rings. The van der Waals surface area contributed by atoms with Gasteiger partial charge in [-0.3, -0.25) is 14.4 Å². The summed E-state index contributed by atoms with van der Waals surface area (Å²) in [7, 11) is 3.33. The molecule has 2 aromatic carbocycles. The van der Waals surface area contributed by atoms with Crippen LogP contribution < -0.4 is 15.1 Å². The predicted molar refractivity (Wildman–Crippen MR) is 124 cm³/mol. The Morgan fingerprint density at radius 2 is 1.72 bits per heavy atom. The van der Waals surface area contributed by atoms with Crippen molar-refractivity contribution in [1.29, 1.82) is 0 Å². The molecule has 3 aliphatic heterocycles. The minimum Gasteiger partial charge on any atom is -0.466 e. The van der Waals surface area contributed by atoms with Gasteiger partial charge >= 0.3 is 5.97 Å². The van der Waals surface area contributed by atoms with Gasteiger partial charge in [-0.05, 0) is 31.5 Å². The first-order valence-electron chi connectivity index (χ1n) is 10.5. The van der Waals surface area contributed by atoms with Gasteiger partial charge in [-0.25, -0.2) is 0 Å². The van der Waals surface area contributed by atoms with Crippen molar-refractivity contribution in [1.82, 2.24) is 5.32 Å². The van der Waals surface area contributed by atoms with Gasteiger partial charge in [-0.1, -0.05) is 48.1 Å². The molecule has 0 bridgehead atoms. The van der Waals surface area contributed by atoms with E-state index >= 15 is 0 Å². The molecular formula is C24H23N3O4S. The Balaban J connectivity index is 1.87. The number of fused-ring (bicyclic) bond motifs is 4. The van der Waals surface area contributed by atoms with Crippen LogP contribution in [0, 0.1) is 12.8 Å². The lowest BCUT2D eigenvalue weighted by atomic mass is 9.65. The maximum absolute atomic E-state index is 13.9. The molecule has 0 unspecified atom stereocenters. The number of hydrogen-bond acceptors (Lipinski definition) is 5. The van der Waals surface area contributed by atoms with Crippen LogP contribution in [0.1, 0.15) is 23.6 Å². The molecule has 0 aliphatic carbocycles. The molecule has 3 atom stereocenters. The minimum absolute atomic E-state index is 0.116. The summed E-state index contributed by atoms with van der Waals surface area (Å²) >= 11 is 5.81. The van der Waals surface area contributed by atoms with E-state index in [0.717, 1.165) is 5.56 Å². The Bertz CT molecular complexity index is 1230. The largest absolute Gasteiger partial charge is 0.466 e. The van der Waals surface area contributed by atoms with E-state index in [0.29, 0.717) is 22.5 Å². The van der Waals surface area contributed by atoms with Gasteiger partial charge in [0.05, 0.1) is 11.6 Å². The van der Waals surface area contributed by atoms with Crippen molar-refractivity contribution in [3.63, 3.8) is 0 Å². The van der Waals surface area contributed by atoms with Gasteiger partial charge in [0, 0.05) is 31.0 Å². The highest BCUT2D eigenvalue weighted by Gasteiger charge is 2.76. The summed E-state index contributed by atoms with van der Waals surface area (Å²) in [4.78, 5) is 44.6. The van der Waals surface area contributed by atoms with E-state index in [4.69, 9.17) is 17.0 Å². The van der Waals surface area contributed by atoms with Crippen LogP contribution in [0.5, 0.6) is 0 Å². The molecule has 0 aromatic heterocycles. The Hall–Kier alpha value is -3.26. The smallest absolute Gasteiger partial charge is 0.314 e. The fourth-order valence-electron chi connectivity index (χ4n) is 5.62. The van der Waals surface area contributed by atoms with Crippen molar-refractivity contribution in [3.8, 4) is 0 Å². The standard InChI is InChI=1S/C24H23N3O4S/c1-5-31-19(28)18-23(15-12-13(2)10-11-17(15)26(3)21(23)29)20(32)25-24(18)14-8-6-7-9-16(14)27(4)22(24)30/h6-12,18H,5H2,1-4H3,(H,25,32)/t18-,23-,24-/m0/s1. The number of nitrogens with zero attached hydrogens (tertiary/aromatic N) is 2.